The zero-order valence-electron chi connectivity index (χ0n) is 10.5. The second kappa shape index (κ2) is 5.66. The molecule has 0 radical (unpaired) electrons. The molecule has 106 valence electrons. The Morgan fingerprint density at radius 1 is 1.20 bits per heavy atom. The first-order valence-corrected chi connectivity index (χ1v) is 6.13. The lowest BCUT2D eigenvalue weighted by Gasteiger charge is -2.10. The van der Waals surface area contributed by atoms with Crippen molar-refractivity contribution in [3.63, 3.8) is 0 Å². The molecule has 3 nitrogen and oxygen atoms in total. The Morgan fingerprint density at radius 2 is 1.95 bits per heavy atom. The highest BCUT2D eigenvalue weighted by Crippen LogP contribution is 2.24. The van der Waals surface area contributed by atoms with Gasteiger partial charge in [-0.3, -0.25) is 0 Å². The van der Waals surface area contributed by atoms with E-state index in [0.29, 0.717) is 17.3 Å². The average Bonchev–Trinajstić information content (AvgIpc) is 2.25. The molecule has 0 atom stereocenters. The lowest BCUT2D eigenvalue weighted by Crippen LogP contribution is -2.11. The molecule has 0 bridgehead atoms. The molecule has 1 heterocycles. The van der Waals surface area contributed by atoms with Crippen LogP contribution in [0.5, 0.6) is 0 Å². The Labute approximate surface area is 118 Å². The lowest BCUT2D eigenvalue weighted by atomic mass is 10.1. The highest BCUT2D eigenvalue weighted by atomic mass is 35.5. The van der Waals surface area contributed by atoms with E-state index in [1.54, 1.807) is 19.1 Å². The molecular formula is C13H11ClF3N3. The number of anilines is 2. The predicted molar refractivity (Wildman–Crippen MR) is 71.3 cm³/mol. The molecule has 1 aromatic heterocycles. The second-order valence-corrected chi connectivity index (χ2v) is 4.63. The van der Waals surface area contributed by atoms with E-state index in [1.807, 2.05) is 0 Å². The van der Waals surface area contributed by atoms with E-state index in [-0.39, 0.29) is 10.7 Å². The Balaban J connectivity index is 2.19. The summed E-state index contributed by atoms with van der Waals surface area (Å²) in [7, 11) is 0. The van der Waals surface area contributed by atoms with Crippen LogP contribution in [0, 0.1) is 6.92 Å². The van der Waals surface area contributed by atoms with Gasteiger partial charge in [-0.05, 0) is 24.6 Å². The van der Waals surface area contributed by atoms with E-state index >= 15 is 0 Å². The first-order valence-electron chi connectivity index (χ1n) is 5.76. The summed E-state index contributed by atoms with van der Waals surface area (Å²) in [5.74, 6) is 0.915. The van der Waals surface area contributed by atoms with Gasteiger partial charge in [0.2, 0.25) is 0 Å². The molecule has 0 saturated carbocycles. The van der Waals surface area contributed by atoms with E-state index < -0.39 is 12.6 Å². The number of aryl methyl sites for hydroxylation is 1. The number of aromatic nitrogens is 2. The van der Waals surface area contributed by atoms with Crippen LogP contribution in [-0.4, -0.2) is 16.1 Å². The monoisotopic (exact) mass is 301 g/mol. The molecule has 1 aromatic carbocycles. The van der Waals surface area contributed by atoms with Crippen LogP contribution in [-0.2, 0) is 6.42 Å². The second-order valence-electron chi connectivity index (χ2n) is 4.24. The molecule has 0 aliphatic rings. The summed E-state index contributed by atoms with van der Waals surface area (Å²) in [6, 6.07) is 7.57. The summed E-state index contributed by atoms with van der Waals surface area (Å²) in [5.41, 5.74) is 0.695. The standard InChI is InChI=1S/C13H11ClF3N3/c1-8-18-11(14)6-12(19-8)20-10-4-2-3-9(5-10)7-13(15,16)17/h2-6H,7H2,1H3,(H,18,19,20). The minimum atomic E-state index is -4.23. The third-order valence-electron chi connectivity index (χ3n) is 2.41. The van der Waals surface area contributed by atoms with Gasteiger partial charge in [-0.15, -0.1) is 0 Å². The molecule has 0 aliphatic heterocycles. The van der Waals surface area contributed by atoms with Gasteiger partial charge in [0.1, 0.15) is 16.8 Å². The number of hydrogen-bond acceptors (Lipinski definition) is 3. The number of nitrogens with one attached hydrogen (secondary N) is 1. The van der Waals surface area contributed by atoms with Crippen molar-refractivity contribution in [2.24, 2.45) is 0 Å². The van der Waals surface area contributed by atoms with Crippen molar-refractivity contribution in [1.29, 1.82) is 0 Å². The fourth-order valence-corrected chi connectivity index (χ4v) is 1.96. The van der Waals surface area contributed by atoms with Crippen LogP contribution < -0.4 is 5.32 Å². The van der Waals surface area contributed by atoms with E-state index in [2.05, 4.69) is 15.3 Å². The smallest absolute Gasteiger partial charge is 0.340 e. The average molecular weight is 302 g/mol. The van der Waals surface area contributed by atoms with Crippen molar-refractivity contribution in [2.45, 2.75) is 19.5 Å². The SMILES string of the molecule is Cc1nc(Cl)cc(Nc2cccc(CC(F)(F)F)c2)n1. The summed E-state index contributed by atoms with van der Waals surface area (Å²) in [5, 5.41) is 3.18. The number of rotatable bonds is 3. The molecule has 0 spiro atoms. The van der Waals surface area contributed by atoms with Gasteiger partial charge in [0.05, 0.1) is 6.42 Å². The van der Waals surface area contributed by atoms with Gasteiger partial charge >= 0.3 is 6.18 Å². The zero-order chi connectivity index (χ0) is 14.8. The Morgan fingerprint density at radius 3 is 2.60 bits per heavy atom. The topological polar surface area (TPSA) is 37.8 Å². The summed E-state index contributed by atoms with van der Waals surface area (Å²) < 4.78 is 37.0. The maximum Gasteiger partial charge on any atom is 0.393 e. The molecule has 0 aliphatic carbocycles. The van der Waals surface area contributed by atoms with Gasteiger partial charge in [0.25, 0.3) is 0 Å². The predicted octanol–water partition coefficient (Wildman–Crippen LogP) is 4.29. The highest BCUT2D eigenvalue weighted by molar-refractivity contribution is 6.29. The largest absolute Gasteiger partial charge is 0.393 e. The summed E-state index contributed by atoms with van der Waals surface area (Å²) >= 11 is 5.79. The third-order valence-corrected chi connectivity index (χ3v) is 2.60. The van der Waals surface area contributed by atoms with Crippen LogP contribution in [0.4, 0.5) is 24.7 Å². The van der Waals surface area contributed by atoms with Gasteiger partial charge in [0.15, 0.2) is 0 Å². The van der Waals surface area contributed by atoms with Gasteiger partial charge in [0, 0.05) is 11.8 Å². The minimum absolute atomic E-state index is 0.180. The summed E-state index contributed by atoms with van der Waals surface area (Å²) in [6.45, 7) is 1.68. The fourth-order valence-electron chi connectivity index (χ4n) is 1.73. The quantitative estimate of drug-likeness (QED) is 0.860. The van der Waals surface area contributed by atoms with Crippen molar-refractivity contribution in [3.8, 4) is 0 Å². The van der Waals surface area contributed by atoms with Crippen LogP contribution in [0.3, 0.4) is 0 Å². The number of hydrogen-bond donors (Lipinski definition) is 1. The van der Waals surface area contributed by atoms with Crippen LogP contribution in [0.1, 0.15) is 11.4 Å². The maximum absolute atomic E-state index is 12.3. The number of halogens is 4. The minimum Gasteiger partial charge on any atom is -0.340 e. The van der Waals surface area contributed by atoms with E-state index in [0.717, 1.165) is 0 Å². The molecule has 1 N–H and O–H groups in total. The van der Waals surface area contributed by atoms with Crippen molar-refractivity contribution in [1.82, 2.24) is 9.97 Å². The molecule has 20 heavy (non-hydrogen) atoms. The molecule has 2 aromatic rings. The fraction of sp³-hybridized carbons (Fsp3) is 0.231. The first-order chi connectivity index (χ1) is 9.32. The molecule has 0 fully saturated rings. The number of benzene rings is 1. The van der Waals surface area contributed by atoms with E-state index in [1.165, 1.54) is 18.2 Å². The van der Waals surface area contributed by atoms with E-state index in [9.17, 15) is 13.2 Å². The van der Waals surface area contributed by atoms with Crippen LogP contribution >= 0.6 is 11.6 Å². The Hall–Kier alpha value is -1.82. The number of nitrogens with zero attached hydrogens (tertiary/aromatic N) is 2. The van der Waals surface area contributed by atoms with Gasteiger partial charge in [-0.1, -0.05) is 23.7 Å². The molecule has 2 rings (SSSR count). The van der Waals surface area contributed by atoms with Gasteiger partial charge < -0.3 is 5.32 Å². The van der Waals surface area contributed by atoms with Crippen molar-refractivity contribution in [2.75, 3.05) is 5.32 Å². The Kier molecular flexibility index (Phi) is 4.13. The molecule has 0 unspecified atom stereocenters. The van der Waals surface area contributed by atoms with Crippen LogP contribution in [0.25, 0.3) is 0 Å². The lowest BCUT2D eigenvalue weighted by molar-refractivity contribution is -0.127. The summed E-state index contributed by atoms with van der Waals surface area (Å²) in [6.07, 6.45) is -5.19. The molecule has 7 heteroatoms. The van der Waals surface area contributed by atoms with Gasteiger partial charge in [-0.25, -0.2) is 9.97 Å². The molecule has 0 amide bonds. The highest BCUT2D eigenvalue weighted by Gasteiger charge is 2.27. The van der Waals surface area contributed by atoms with Crippen molar-refractivity contribution in [3.05, 3.63) is 46.9 Å². The van der Waals surface area contributed by atoms with Gasteiger partial charge in [-0.2, -0.15) is 13.2 Å². The van der Waals surface area contributed by atoms with Crippen LogP contribution in [0.2, 0.25) is 5.15 Å². The maximum atomic E-state index is 12.3. The summed E-state index contributed by atoms with van der Waals surface area (Å²) in [4.78, 5) is 8.01. The van der Waals surface area contributed by atoms with Crippen molar-refractivity contribution >= 4 is 23.1 Å². The van der Waals surface area contributed by atoms with Crippen molar-refractivity contribution < 1.29 is 13.2 Å². The molecular weight excluding hydrogens is 291 g/mol. The molecule has 0 saturated heterocycles. The first kappa shape index (κ1) is 14.6. The van der Waals surface area contributed by atoms with Crippen LogP contribution in [0.15, 0.2) is 30.3 Å². The Bertz CT molecular complexity index is 594. The number of alkyl halides is 3. The van der Waals surface area contributed by atoms with E-state index in [4.69, 9.17) is 11.6 Å². The third kappa shape index (κ3) is 4.38. The normalized spacial score (nSPS) is 11.4. The zero-order valence-corrected chi connectivity index (χ0v) is 11.3.